The lowest BCUT2D eigenvalue weighted by atomic mass is 9.98. The zero-order valence-corrected chi connectivity index (χ0v) is 13.8. The smallest absolute Gasteiger partial charge is 0.0388 e. The number of rotatable bonds is 4. The van der Waals surface area contributed by atoms with Gasteiger partial charge in [0, 0.05) is 28.4 Å². The highest BCUT2D eigenvalue weighted by Gasteiger charge is 2.22. The molecule has 1 aromatic heterocycles. The van der Waals surface area contributed by atoms with Crippen molar-refractivity contribution in [1.29, 1.82) is 0 Å². The number of aryl methyl sites for hydroxylation is 2. The fourth-order valence-corrected chi connectivity index (χ4v) is 4.91. The molecule has 1 aliphatic carbocycles. The van der Waals surface area contributed by atoms with E-state index in [4.69, 9.17) is 0 Å². The van der Waals surface area contributed by atoms with Gasteiger partial charge in [-0.15, -0.1) is 11.3 Å². The van der Waals surface area contributed by atoms with Crippen LogP contribution in [0.2, 0.25) is 0 Å². The van der Waals surface area contributed by atoms with Gasteiger partial charge in [-0.3, -0.25) is 0 Å². The van der Waals surface area contributed by atoms with Crippen molar-refractivity contribution in [3.8, 4) is 0 Å². The third-order valence-electron chi connectivity index (χ3n) is 4.88. The van der Waals surface area contributed by atoms with E-state index in [0.29, 0.717) is 12.1 Å². The summed E-state index contributed by atoms with van der Waals surface area (Å²) in [4.78, 5) is 5.80. The molecular formula is C17H28N2S. The summed E-state index contributed by atoms with van der Waals surface area (Å²) in [5.74, 6) is 0. The molecule has 1 fully saturated rings. The fraction of sp³-hybridized carbons (Fsp3) is 0.765. The molecule has 1 N–H and O–H groups in total. The van der Waals surface area contributed by atoms with Crippen LogP contribution >= 0.6 is 11.3 Å². The molecule has 0 spiro atoms. The Morgan fingerprint density at radius 1 is 1.35 bits per heavy atom. The van der Waals surface area contributed by atoms with Gasteiger partial charge in [0.1, 0.15) is 0 Å². The first-order valence-corrected chi connectivity index (χ1v) is 9.17. The first kappa shape index (κ1) is 14.6. The van der Waals surface area contributed by atoms with Crippen molar-refractivity contribution >= 4 is 11.3 Å². The minimum Gasteiger partial charge on any atom is -0.305 e. The number of fused-ring (bicyclic) bond motifs is 1. The second-order valence-electron chi connectivity index (χ2n) is 6.43. The summed E-state index contributed by atoms with van der Waals surface area (Å²) in [5.41, 5.74) is 1.64. The largest absolute Gasteiger partial charge is 0.305 e. The molecule has 20 heavy (non-hydrogen) atoms. The van der Waals surface area contributed by atoms with Gasteiger partial charge in [0.2, 0.25) is 0 Å². The van der Waals surface area contributed by atoms with Crippen molar-refractivity contribution in [2.45, 2.75) is 64.5 Å². The highest BCUT2D eigenvalue weighted by atomic mass is 32.1. The summed E-state index contributed by atoms with van der Waals surface area (Å²) in [5, 5.41) is 3.88. The van der Waals surface area contributed by atoms with Gasteiger partial charge in [0.05, 0.1) is 0 Å². The van der Waals surface area contributed by atoms with Crippen LogP contribution in [0.3, 0.4) is 0 Å². The van der Waals surface area contributed by atoms with Crippen LogP contribution in [-0.2, 0) is 12.8 Å². The van der Waals surface area contributed by atoms with E-state index in [1.165, 1.54) is 58.2 Å². The number of thiophene rings is 1. The van der Waals surface area contributed by atoms with Crippen molar-refractivity contribution in [1.82, 2.24) is 10.2 Å². The molecule has 3 rings (SSSR count). The predicted octanol–water partition coefficient (Wildman–Crippen LogP) is 3.76. The minimum absolute atomic E-state index is 0.521. The summed E-state index contributed by atoms with van der Waals surface area (Å²) in [7, 11) is 0. The van der Waals surface area contributed by atoms with Crippen LogP contribution in [0.1, 0.15) is 60.9 Å². The lowest BCUT2D eigenvalue weighted by molar-refractivity contribution is 0.192. The molecule has 1 saturated heterocycles. The molecule has 0 radical (unpaired) electrons. The first-order valence-electron chi connectivity index (χ1n) is 8.36. The minimum atomic E-state index is 0.521. The van der Waals surface area contributed by atoms with Gasteiger partial charge in [-0.1, -0.05) is 6.92 Å². The van der Waals surface area contributed by atoms with E-state index in [1.54, 1.807) is 15.3 Å². The molecule has 112 valence electrons. The van der Waals surface area contributed by atoms with E-state index in [-0.39, 0.29) is 0 Å². The van der Waals surface area contributed by atoms with Gasteiger partial charge >= 0.3 is 0 Å². The Bertz CT molecular complexity index is 417. The average molecular weight is 292 g/mol. The number of hydrogen-bond acceptors (Lipinski definition) is 3. The molecular weight excluding hydrogens is 264 g/mol. The maximum absolute atomic E-state index is 3.88. The van der Waals surface area contributed by atoms with E-state index in [9.17, 15) is 0 Å². The summed E-state index contributed by atoms with van der Waals surface area (Å²) in [6.45, 7) is 8.34. The molecule has 1 aliphatic heterocycles. The third kappa shape index (κ3) is 3.26. The first-order chi connectivity index (χ1) is 9.76. The topological polar surface area (TPSA) is 15.3 Å². The molecule has 2 nitrogen and oxygen atoms in total. The number of likely N-dealkylation sites (N-methyl/N-ethyl adjacent to an activating group) is 1. The third-order valence-corrected chi connectivity index (χ3v) is 6.30. The maximum Gasteiger partial charge on any atom is 0.0388 e. The Kier molecular flexibility index (Phi) is 4.79. The van der Waals surface area contributed by atoms with Crippen molar-refractivity contribution in [2.75, 3.05) is 19.6 Å². The molecule has 3 heteroatoms. The highest BCUT2D eigenvalue weighted by Crippen LogP contribution is 2.33. The molecule has 2 unspecified atom stereocenters. The zero-order valence-electron chi connectivity index (χ0n) is 13.0. The van der Waals surface area contributed by atoms with E-state index in [1.807, 2.05) is 0 Å². The molecule has 0 saturated carbocycles. The van der Waals surface area contributed by atoms with Crippen LogP contribution in [0.25, 0.3) is 0 Å². The molecule has 0 aromatic carbocycles. The lowest BCUT2D eigenvalue weighted by Gasteiger charge is -2.33. The highest BCUT2D eigenvalue weighted by molar-refractivity contribution is 7.12. The molecule has 1 aromatic rings. The number of piperidine rings is 1. The summed E-state index contributed by atoms with van der Waals surface area (Å²) in [6, 6.07) is 3.68. The Labute approximate surface area is 127 Å². The zero-order chi connectivity index (χ0) is 13.9. The molecule has 2 atom stereocenters. The van der Waals surface area contributed by atoms with Gasteiger partial charge in [-0.25, -0.2) is 0 Å². The van der Waals surface area contributed by atoms with Crippen LogP contribution in [0.4, 0.5) is 0 Å². The summed E-state index contributed by atoms with van der Waals surface area (Å²) in [6.07, 6.45) is 8.10. The lowest BCUT2D eigenvalue weighted by Crippen LogP contribution is -2.46. The van der Waals surface area contributed by atoms with Crippen molar-refractivity contribution in [3.05, 3.63) is 21.4 Å². The van der Waals surface area contributed by atoms with E-state index >= 15 is 0 Å². The Morgan fingerprint density at radius 2 is 2.20 bits per heavy atom. The van der Waals surface area contributed by atoms with Crippen LogP contribution in [0.5, 0.6) is 0 Å². The Balaban J connectivity index is 1.61. The monoisotopic (exact) mass is 292 g/mol. The fourth-order valence-electron chi connectivity index (χ4n) is 3.64. The normalized spacial score (nSPS) is 25.4. The van der Waals surface area contributed by atoms with Crippen molar-refractivity contribution < 1.29 is 0 Å². The molecule has 2 aliphatic rings. The number of nitrogens with one attached hydrogen (secondary N) is 1. The van der Waals surface area contributed by atoms with Gasteiger partial charge < -0.3 is 10.2 Å². The Hall–Kier alpha value is -0.380. The Morgan fingerprint density at radius 3 is 3.00 bits per heavy atom. The number of hydrogen-bond donors (Lipinski definition) is 1. The average Bonchev–Trinajstić information content (AvgIpc) is 2.91. The quantitative estimate of drug-likeness (QED) is 0.909. The summed E-state index contributed by atoms with van der Waals surface area (Å²) >= 11 is 2.06. The van der Waals surface area contributed by atoms with Gasteiger partial charge in [0.25, 0.3) is 0 Å². The van der Waals surface area contributed by atoms with E-state index in [2.05, 4.69) is 41.5 Å². The van der Waals surface area contributed by atoms with E-state index < -0.39 is 0 Å². The van der Waals surface area contributed by atoms with Crippen molar-refractivity contribution in [2.24, 2.45) is 0 Å². The summed E-state index contributed by atoms with van der Waals surface area (Å²) < 4.78 is 0. The van der Waals surface area contributed by atoms with Crippen LogP contribution in [-0.4, -0.2) is 30.6 Å². The SMILES string of the molecule is CCN1CCCC(NC(C)c2cc3c(s2)CCCC3)C1. The van der Waals surface area contributed by atoms with Crippen LogP contribution in [0.15, 0.2) is 6.07 Å². The number of likely N-dealkylation sites (tertiary alicyclic amines) is 1. The van der Waals surface area contributed by atoms with Crippen LogP contribution in [0, 0.1) is 0 Å². The molecule has 2 heterocycles. The molecule has 0 bridgehead atoms. The second kappa shape index (κ2) is 6.59. The standard InChI is InChI=1S/C17H28N2S/c1-3-19-10-6-8-15(12-19)18-13(2)17-11-14-7-4-5-9-16(14)20-17/h11,13,15,18H,3-10,12H2,1-2H3. The number of nitrogens with zero attached hydrogens (tertiary/aromatic N) is 1. The van der Waals surface area contributed by atoms with Gasteiger partial charge in [-0.05, 0) is 70.2 Å². The molecule has 0 amide bonds. The predicted molar refractivity (Wildman–Crippen MR) is 87.6 cm³/mol. The van der Waals surface area contributed by atoms with Crippen LogP contribution < -0.4 is 5.32 Å². The van der Waals surface area contributed by atoms with Crippen molar-refractivity contribution in [3.63, 3.8) is 0 Å². The van der Waals surface area contributed by atoms with Gasteiger partial charge in [-0.2, -0.15) is 0 Å². The van der Waals surface area contributed by atoms with Gasteiger partial charge in [0.15, 0.2) is 0 Å². The maximum atomic E-state index is 3.88. The second-order valence-corrected chi connectivity index (χ2v) is 7.59. The van der Waals surface area contributed by atoms with E-state index in [0.717, 1.165) is 0 Å².